The van der Waals surface area contributed by atoms with Gasteiger partial charge in [-0.1, -0.05) is 12.1 Å². The number of rotatable bonds is 3. The minimum Gasteiger partial charge on any atom is -0.394 e. The molecule has 2 N–H and O–H groups in total. The molecule has 2 rings (SSSR count). The Labute approximate surface area is 131 Å². The van der Waals surface area contributed by atoms with E-state index in [1.165, 1.54) is 29.2 Å². The second-order valence-electron chi connectivity index (χ2n) is 5.42. The summed E-state index contributed by atoms with van der Waals surface area (Å²) in [6.45, 7) is 0.202. The van der Waals surface area contributed by atoms with Crippen molar-refractivity contribution in [1.29, 1.82) is 0 Å². The molecule has 1 atom stereocenters. The van der Waals surface area contributed by atoms with Gasteiger partial charge in [-0.3, -0.25) is 9.59 Å². The number of hydrogen-bond acceptors (Lipinski definition) is 3. The Morgan fingerprint density at radius 1 is 1.26 bits per heavy atom. The van der Waals surface area contributed by atoms with Crippen LogP contribution in [0, 0.1) is 0 Å². The molecule has 0 unspecified atom stereocenters. The topological polar surface area (TPSA) is 69.6 Å². The Kier molecular flexibility index (Phi) is 5.25. The van der Waals surface area contributed by atoms with E-state index in [-0.39, 0.29) is 23.9 Å². The first kappa shape index (κ1) is 17.3. The molecule has 0 saturated carbocycles. The van der Waals surface area contributed by atoms with E-state index in [1.54, 1.807) is 0 Å². The Hall–Kier alpha value is -2.09. The van der Waals surface area contributed by atoms with Crippen LogP contribution in [0.15, 0.2) is 24.3 Å². The molecule has 23 heavy (non-hydrogen) atoms. The fourth-order valence-electron chi connectivity index (χ4n) is 2.55. The summed E-state index contributed by atoms with van der Waals surface area (Å²) in [5.41, 5.74) is 0.315. The molecule has 5 nitrogen and oxygen atoms in total. The maximum atomic E-state index is 12.3. The second kappa shape index (κ2) is 6.99. The van der Waals surface area contributed by atoms with Crippen LogP contribution < -0.4 is 5.32 Å². The summed E-state index contributed by atoms with van der Waals surface area (Å²) < 4.78 is 36.8. The number of likely N-dealkylation sites (tertiary alicyclic amines) is 1. The SMILES string of the molecule is O=C(Nc1ccc(CC(F)(F)F)cc1)C(=O)N1CCC[C@@H]1CO. The van der Waals surface area contributed by atoms with Crippen molar-refractivity contribution in [3.63, 3.8) is 0 Å². The van der Waals surface area contributed by atoms with Gasteiger partial charge in [-0.25, -0.2) is 0 Å². The summed E-state index contributed by atoms with van der Waals surface area (Å²) in [4.78, 5) is 25.3. The molecule has 8 heteroatoms. The van der Waals surface area contributed by atoms with E-state index >= 15 is 0 Å². The fourth-order valence-corrected chi connectivity index (χ4v) is 2.55. The van der Waals surface area contributed by atoms with E-state index in [4.69, 9.17) is 5.11 Å². The predicted octanol–water partition coefficient (Wildman–Crippen LogP) is 1.71. The molecule has 1 heterocycles. The maximum Gasteiger partial charge on any atom is 0.393 e. The molecule has 1 aromatic rings. The standard InChI is InChI=1S/C15H17F3N2O3/c16-15(17,18)8-10-3-5-11(6-4-10)19-13(22)14(23)20-7-1-2-12(20)9-21/h3-6,12,21H,1-2,7-9H2,(H,19,22)/t12-/m1/s1. The lowest BCUT2D eigenvalue weighted by atomic mass is 10.1. The van der Waals surface area contributed by atoms with Crippen molar-refractivity contribution in [3.05, 3.63) is 29.8 Å². The third-order valence-corrected chi connectivity index (χ3v) is 3.66. The van der Waals surface area contributed by atoms with Crippen molar-refractivity contribution in [3.8, 4) is 0 Å². The third-order valence-electron chi connectivity index (χ3n) is 3.66. The van der Waals surface area contributed by atoms with E-state index in [1.807, 2.05) is 0 Å². The van der Waals surface area contributed by atoms with Gasteiger partial charge in [-0.2, -0.15) is 13.2 Å². The van der Waals surface area contributed by atoms with E-state index in [0.717, 1.165) is 6.42 Å². The summed E-state index contributed by atoms with van der Waals surface area (Å²) in [6.07, 6.45) is -3.99. The van der Waals surface area contributed by atoms with Crippen LogP contribution in [0.25, 0.3) is 0 Å². The molecule has 0 bridgehead atoms. The summed E-state index contributed by atoms with van der Waals surface area (Å²) >= 11 is 0. The quantitative estimate of drug-likeness (QED) is 0.829. The first-order chi connectivity index (χ1) is 10.8. The molecule has 1 aromatic carbocycles. The van der Waals surface area contributed by atoms with Crippen LogP contribution in [-0.4, -0.2) is 47.2 Å². The molecule has 1 saturated heterocycles. The van der Waals surface area contributed by atoms with Crippen molar-refractivity contribution >= 4 is 17.5 Å². The van der Waals surface area contributed by atoms with Gasteiger partial charge < -0.3 is 15.3 Å². The van der Waals surface area contributed by atoms with Crippen molar-refractivity contribution in [2.45, 2.75) is 31.5 Å². The third kappa shape index (κ3) is 4.69. The number of anilines is 1. The zero-order chi connectivity index (χ0) is 17.0. The number of aliphatic hydroxyl groups excluding tert-OH is 1. The largest absolute Gasteiger partial charge is 0.394 e. The van der Waals surface area contributed by atoms with Gasteiger partial charge in [0.1, 0.15) is 0 Å². The monoisotopic (exact) mass is 330 g/mol. The second-order valence-corrected chi connectivity index (χ2v) is 5.42. The Balaban J connectivity index is 1.96. The Morgan fingerprint density at radius 3 is 2.48 bits per heavy atom. The summed E-state index contributed by atoms with van der Waals surface area (Å²) in [5, 5.41) is 11.5. The number of halogens is 3. The summed E-state index contributed by atoms with van der Waals surface area (Å²) in [7, 11) is 0. The summed E-state index contributed by atoms with van der Waals surface area (Å²) in [6, 6.07) is 4.78. The minimum atomic E-state index is -4.30. The Bertz CT molecular complexity index is 572. The normalized spacial score (nSPS) is 18.1. The van der Waals surface area contributed by atoms with E-state index in [9.17, 15) is 22.8 Å². The lowest BCUT2D eigenvalue weighted by Gasteiger charge is -2.22. The van der Waals surface area contributed by atoms with Crippen molar-refractivity contribution in [2.24, 2.45) is 0 Å². The van der Waals surface area contributed by atoms with Crippen molar-refractivity contribution in [2.75, 3.05) is 18.5 Å². The van der Waals surface area contributed by atoms with Crippen LogP contribution in [0.4, 0.5) is 18.9 Å². The van der Waals surface area contributed by atoms with Gasteiger partial charge in [-0.15, -0.1) is 0 Å². The molecule has 0 aliphatic carbocycles. The molecule has 0 spiro atoms. The molecule has 1 fully saturated rings. The van der Waals surface area contributed by atoms with Gasteiger partial charge in [0.25, 0.3) is 0 Å². The zero-order valence-corrected chi connectivity index (χ0v) is 12.3. The Morgan fingerprint density at radius 2 is 1.91 bits per heavy atom. The molecule has 1 aliphatic heterocycles. The lowest BCUT2D eigenvalue weighted by molar-refractivity contribution is -0.144. The van der Waals surface area contributed by atoms with E-state index in [2.05, 4.69) is 5.32 Å². The number of carbonyl (C=O) groups is 2. The maximum absolute atomic E-state index is 12.3. The highest BCUT2D eigenvalue weighted by Gasteiger charge is 2.32. The van der Waals surface area contributed by atoms with Gasteiger partial charge in [0.05, 0.1) is 19.1 Å². The first-order valence-electron chi connectivity index (χ1n) is 7.18. The van der Waals surface area contributed by atoms with Crippen LogP contribution in [-0.2, 0) is 16.0 Å². The van der Waals surface area contributed by atoms with Gasteiger partial charge >= 0.3 is 18.0 Å². The van der Waals surface area contributed by atoms with E-state index < -0.39 is 24.4 Å². The number of aliphatic hydroxyl groups is 1. The van der Waals surface area contributed by atoms with Crippen LogP contribution in [0.3, 0.4) is 0 Å². The number of nitrogens with zero attached hydrogens (tertiary/aromatic N) is 1. The first-order valence-corrected chi connectivity index (χ1v) is 7.18. The van der Waals surface area contributed by atoms with Gasteiger partial charge in [-0.05, 0) is 30.5 Å². The molecular formula is C15H17F3N2O3. The van der Waals surface area contributed by atoms with Crippen LogP contribution in [0.5, 0.6) is 0 Å². The molecule has 1 aliphatic rings. The number of alkyl halides is 3. The van der Waals surface area contributed by atoms with Crippen LogP contribution in [0.1, 0.15) is 18.4 Å². The molecule has 0 radical (unpaired) electrons. The van der Waals surface area contributed by atoms with Crippen LogP contribution in [0.2, 0.25) is 0 Å². The molecule has 2 amide bonds. The molecular weight excluding hydrogens is 313 g/mol. The number of amides is 2. The highest BCUT2D eigenvalue weighted by atomic mass is 19.4. The minimum absolute atomic E-state index is 0.0710. The smallest absolute Gasteiger partial charge is 0.393 e. The summed E-state index contributed by atoms with van der Waals surface area (Å²) in [5.74, 6) is -1.62. The van der Waals surface area contributed by atoms with Gasteiger partial charge in [0.2, 0.25) is 0 Å². The van der Waals surface area contributed by atoms with Crippen molar-refractivity contribution in [1.82, 2.24) is 4.90 Å². The number of benzene rings is 1. The van der Waals surface area contributed by atoms with Gasteiger partial charge in [0, 0.05) is 12.2 Å². The van der Waals surface area contributed by atoms with Crippen molar-refractivity contribution < 1.29 is 27.9 Å². The molecule has 126 valence electrons. The zero-order valence-electron chi connectivity index (χ0n) is 12.3. The number of nitrogens with one attached hydrogen (secondary N) is 1. The average molecular weight is 330 g/mol. The lowest BCUT2D eigenvalue weighted by Crippen LogP contribution is -2.43. The highest BCUT2D eigenvalue weighted by Crippen LogP contribution is 2.22. The molecule has 0 aromatic heterocycles. The highest BCUT2D eigenvalue weighted by molar-refractivity contribution is 6.39. The van der Waals surface area contributed by atoms with Gasteiger partial charge in [0.15, 0.2) is 0 Å². The van der Waals surface area contributed by atoms with Crippen LogP contribution >= 0.6 is 0 Å². The fraction of sp³-hybridized carbons (Fsp3) is 0.467. The average Bonchev–Trinajstić information content (AvgIpc) is 2.95. The number of carbonyl (C=O) groups excluding carboxylic acids is 2. The number of hydrogen-bond donors (Lipinski definition) is 2. The predicted molar refractivity (Wildman–Crippen MR) is 76.7 cm³/mol. The van der Waals surface area contributed by atoms with E-state index in [0.29, 0.717) is 13.0 Å².